The van der Waals surface area contributed by atoms with Crippen LogP contribution in [0.5, 0.6) is 0 Å². The largest absolute Gasteiger partial charge is 0.327 e. The highest BCUT2D eigenvalue weighted by atomic mass is 14.7. The molecule has 0 fully saturated rings. The summed E-state index contributed by atoms with van der Waals surface area (Å²) in [5, 5.41) is 0. The van der Waals surface area contributed by atoms with Crippen molar-refractivity contribution in [3.63, 3.8) is 0 Å². The van der Waals surface area contributed by atoms with E-state index in [-0.39, 0.29) is 0 Å². The molecule has 0 aromatic heterocycles. The maximum atomic E-state index is 6.72. The average molecular weight is 326 g/mol. The number of rotatable bonds is 17. The van der Waals surface area contributed by atoms with Crippen molar-refractivity contribution in [3.8, 4) is 0 Å². The zero-order chi connectivity index (χ0) is 17.3. The van der Waals surface area contributed by atoms with Crippen LogP contribution in [0.4, 0.5) is 0 Å². The fourth-order valence-electron chi connectivity index (χ4n) is 3.96. The highest BCUT2D eigenvalue weighted by Gasteiger charge is 2.25. The van der Waals surface area contributed by atoms with Gasteiger partial charge in [-0.2, -0.15) is 0 Å². The summed E-state index contributed by atoms with van der Waals surface area (Å²) in [4.78, 5) is 0. The van der Waals surface area contributed by atoms with Crippen LogP contribution in [-0.4, -0.2) is 6.04 Å². The summed E-state index contributed by atoms with van der Waals surface area (Å²) in [5.74, 6) is 1.66. The summed E-state index contributed by atoms with van der Waals surface area (Å²) in [6.07, 6.45) is 20.4. The minimum atomic E-state index is 0.446. The molecule has 0 aromatic rings. The van der Waals surface area contributed by atoms with Gasteiger partial charge in [-0.15, -0.1) is 0 Å². The van der Waals surface area contributed by atoms with Crippen molar-refractivity contribution < 1.29 is 0 Å². The molecule has 0 aliphatic heterocycles. The van der Waals surface area contributed by atoms with Gasteiger partial charge in [0.15, 0.2) is 0 Å². The average Bonchev–Trinajstić information content (AvgIpc) is 2.56. The predicted molar refractivity (Wildman–Crippen MR) is 107 cm³/mol. The van der Waals surface area contributed by atoms with E-state index in [1.54, 1.807) is 0 Å². The molecule has 0 rings (SSSR count). The van der Waals surface area contributed by atoms with E-state index in [0.29, 0.717) is 6.04 Å². The summed E-state index contributed by atoms with van der Waals surface area (Å²) < 4.78 is 0. The topological polar surface area (TPSA) is 26.0 Å². The molecule has 0 aliphatic rings. The Morgan fingerprint density at radius 1 is 0.522 bits per heavy atom. The Bertz CT molecular complexity index is 226. The molecule has 2 N–H and O–H groups in total. The Kier molecular flexibility index (Phi) is 16.8. The van der Waals surface area contributed by atoms with E-state index in [1.807, 2.05) is 0 Å². The highest BCUT2D eigenvalue weighted by molar-refractivity contribution is 4.80. The first-order chi connectivity index (χ1) is 11.2. The van der Waals surface area contributed by atoms with E-state index in [4.69, 9.17) is 5.73 Å². The van der Waals surface area contributed by atoms with Gasteiger partial charge < -0.3 is 5.73 Å². The molecule has 0 aromatic carbocycles. The van der Waals surface area contributed by atoms with Crippen molar-refractivity contribution >= 4 is 0 Å². The minimum Gasteiger partial charge on any atom is -0.327 e. The second-order valence-corrected chi connectivity index (χ2v) is 7.72. The molecule has 23 heavy (non-hydrogen) atoms. The summed E-state index contributed by atoms with van der Waals surface area (Å²) in [5.41, 5.74) is 6.72. The summed E-state index contributed by atoms with van der Waals surface area (Å²) in [6, 6.07) is 0.446. The molecule has 0 saturated heterocycles. The van der Waals surface area contributed by atoms with Crippen LogP contribution in [0.1, 0.15) is 124 Å². The van der Waals surface area contributed by atoms with E-state index >= 15 is 0 Å². The maximum absolute atomic E-state index is 6.72. The molecule has 1 nitrogen and oxygen atoms in total. The lowest BCUT2D eigenvalue weighted by Gasteiger charge is -2.32. The molecule has 140 valence electrons. The summed E-state index contributed by atoms with van der Waals surface area (Å²) in [7, 11) is 0. The maximum Gasteiger partial charge on any atom is 0.00698 e. The number of hydrogen-bond donors (Lipinski definition) is 1. The molecule has 0 amide bonds. The van der Waals surface area contributed by atoms with Crippen LogP contribution >= 0.6 is 0 Å². The van der Waals surface area contributed by atoms with E-state index in [2.05, 4.69) is 27.7 Å². The molecule has 3 atom stereocenters. The number of hydrogen-bond acceptors (Lipinski definition) is 1. The van der Waals surface area contributed by atoms with Crippen LogP contribution in [0.15, 0.2) is 0 Å². The Hall–Kier alpha value is -0.0400. The molecule has 1 heteroatoms. The van der Waals surface area contributed by atoms with Crippen molar-refractivity contribution in [2.24, 2.45) is 17.6 Å². The van der Waals surface area contributed by atoms with E-state index in [0.717, 1.165) is 11.8 Å². The van der Waals surface area contributed by atoms with Gasteiger partial charge in [0, 0.05) is 6.04 Å². The lowest BCUT2D eigenvalue weighted by molar-refractivity contribution is 0.213. The van der Waals surface area contributed by atoms with E-state index < -0.39 is 0 Å². The molecule has 0 heterocycles. The molecule has 0 aliphatic carbocycles. The van der Waals surface area contributed by atoms with Crippen LogP contribution in [0.2, 0.25) is 0 Å². The van der Waals surface area contributed by atoms with Gasteiger partial charge >= 0.3 is 0 Å². The zero-order valence-corrected chi connectivity index (χ0v) is 16.9. The minimum absolute atomic E-state index is 0.446. The molecular weight excluding hydrogens is 278 g/mol. The smallest absolute Gasteiger partial charge is 0.00698 e. The van der Waals surface area contributed by atoms with Crippen LogP contribution in [0.3, 0.4) is 0 Å². The van der Waals surface area contributed by atoms with Gasteiger partial charge in [0.25, 0.3) is 0 Å². The summed E-state index contributed by atoms with van der Waals surface area (Å²) >= 11 is 0. The first-order valence-corrected chi connectivity index (χ1v) is 11.0. The van der Waals surface area contributed by atoms with Crippen LogP contribution in [0, 0.1) is 11.8 Å². The second-order valence-electron chi connectivity index (χ2n) is 7.72. The third-order valence-electron chi connectivity index (χ3n) is 5.54. The first kappa shape index (κ1) is 23.0. The lowest BCUT2D eigenvalue weighted by atomic mass is 9.76. The third-order valence-corrected chi connectivity index (χ3v) is 5.54. The van der Waals surface area contributed by atoms with Gasteiger partial charge in [0.2, 0.25) is 0 Å². The van der Waals surface area contributed by atoms with Gasteiger partial charge in [0.05, 0.1) is 0 Å². The summed E-state index contributed by atoms with van der Waals surface area (Å²) in [6.45, 7) is 9.25. The van der Waals surface area contributed by atoms with Gasteiger partial charge in [-0.05, 0) is 24.7 Å². The second kappa shape index (κ2) is 16.8. The van der Waals surface area contributed by atoms with E-state index in [9.17, 15) is 0 Å². The van der Waals surface area contributed by atoms with Gasteiger partial charge in [-0.3, -0.25) is 0 Å². The van der Waals surface area contributed by atoms with Crippen molar-refractivity contribution in [3.05, 3.63) is 0 Å². The quantitative estimate of drug-likeness (QED) is 0.276. The van der Waals surface area contributed by atoms with Crippen molar-refractivity contribution in [1.29, 1.82) is 0 Å². The molecule has 0 saturated carbocycles. The molecule has 0 bridgehead atoms. The fraction of sp³-hybridized carbons (Fsp3) is 1.00. The normalized spacial score (nSPS) is 15.5. The molecular formula is C22H47N. The van der Waals surface area contributed by atoms with Gasteiger partial charge in [-0.25, -0.2) is 0 Å². The molecule has 3 unspecified atom stereocenters. The molecule has 0 radical (unpaired) electrons. The van der Waals surface area contributed by atoms with Gasteiger partial charge in [0.1, 0.15) is 0 Å². The Labute approximate surface area is 148 Å². The van der Waals surface area contributed by atoms with Crippen LogP contribution in [0.25, 0.3) is 0 Å². The zero-order valence-electron chi connectivity index (χ0n) is 16.9. The lowest BCUT2D eigenvalue weighted by Crippen LogP contribution is -2.35. The molecule has 0 spiro atoms. The Morgan fingerprint density at radius 3 is 1.61 bits per heavy atom. The first-order valence-electron chi connectivity index (χ1n) is 11.0. The third kappa shape index (κ3) is 12.0. The standard InChI is InChI=1S/C22H47N/c1-5-9-13-15-19-22(23)21(18-12-8-4)20(16-11-7-3)17-14-10-6-2/h20-22H,5-19,23H2,1-4H3. The fourth-order valence-corrected chi connectivity index (χ4v) is 3.96. The SMILES string of the molecule is CCCCCCC(N)C(CCCC)C(CCCC)CCCCC. The number of nitrogens with two attached hydrogens (primary N) is 1. The van der Waals surface area contributed by atoms with Gasteiger partial charge in [-0.1, -0.05) is 111 Å². The van der Waals surface area contributed by atoms with Crippen LogP contribution in [-0.2, 0) is 0 Å². The monoisotopic (exact) mass is 325 g/mol. The van der Waals surface area contributed by atoms with Crippen LogP contribution < -0.4 is 5.73 Å². The number of unbranched alkanes of at least 4 members (excludes halogenated alkanes) is 7. The van der Waals surface area contributed by atoms with E-state index in [1.165, 1.54) is 96.3 Å². The Balaban J connectivity index is 4.58. The van der Waals surface area contributed by atoms with Crippen molar-refractivity contribution in [2.75, 3.05) is 0 Å². The highest BCUT2D eigenvalue weighted by Crippen LogP contribution is 2.32. The van der Waals surface area contributed by atoms with Crippen molar-refractivity contribution in [1.82, 2.24) is 0 Å². The predicted octanol–water partition coefficient (Wildman–Crippen LogP) is 7.48. The Morgan fingerprint density at radius 2 is 1.00 bits per heavy atom. The van der Waals surface area contributed by atoms with Crippen molar-refractivity contribution in [2.45, 2.75) is 130 Å².